The summed E-state index contributed by atoms with van der Waals surface area (Å²) in [7, 11) is 0. The quantitative estimate of drug-likeness (QED) is 0.939. The van der Waals surface area contributed by atoms with Gasteiger partial charge in [0.1, 0.15) is 17.8 Å². The lowest BCUT2D eigenvalue weighted by atomic mass is 10.0. The van der Waals surface area contributed by atoms with E-state index in [2.05, 4.69) is 15.3 Å². The van der Waals surface area contributed by atoms with E-state index >= 15 is 0 Å². The van der Waals surface area contributed by atoms with E-state index in [4.69, 9.17) is 4.74 Å². The highest BCUT2D eigenvalue weighted by atomic mass is 16.5. The van der Waals surface area contributed by atoms with Crippen molar-refractivity contribution in [2.45, 2.75) is 38.8 Å². The van der Waals surface area contributed by atoms with E-state index in [-0.39, 0.29) is 18.1 Å². The van der Waals surface area contributed by atoms with Gasteiger partial charge < -0.3 is 10.1 Å². The van der Waals surface area contributed by atoms with E-state index in [1.807, 2.05) is 26.1 Å². The zero-order valence-corrected chi connectivity index (χ0v) is 12.8. The Bertz CT molecular complexity index is 654. The molecule has 116 valence electrons. The van der Waals surface area contributed by atoms with Crippen LogP contribution in [0.25, 0.3) is 5.82 Å². The molecule has 1 saturated heterocycles. The van der Waals surface area contributed by atoms with Gasteiger partial charge in [-0.15, -0.1) is 0 Å². The molecule has 0 radical (unpaired) electrons. The second-order valence-electron chi connectivity index (χ2n) is 5.73. The van der Waals surface area contributed by atoms with Crippen LogP contribution in [0.1, 0.15) is 35.8 Å². The number of carbonyl (C=O) groups is 1. The molecule has 1 fully saturated rings. The van der Waals surface area contributed by atoms with Crippen LogP contribution in [-0.4, -0.2) is 39.2 Å². The van der Waals surface area contributed by atoms with Crippen LogP contribution in [0.3, 0.4) is 0 Å². The molecule has 2 aromatic rings. The van der Waals surface area contributed by atoms with Gasteiger partial charge in [0.15, 0.2) is 0 Å². The standard InChI is InChI=1S/C16H20N4O2/c1-11-7-14(19-15(8-11)20-5-4-17-10-20)16(21)18-13-3-6-22-12(2)9-13/h4-5,7-8,10,12-13H,3,6,9H2,1-2H3,(H,18,21). The van der Waals surface area contributed by atoms with Gasteiger partial charge >= 0.3 is 0 Å². The molecule has 0 saturated carbocycles. The summed E-state index contributed by atoms with van der Waals surface area (Å²) in [6.45, 7) is 4.67. The lowest BCUT2D eigenvalue weighted by Gasteiger charge is -2.27. The highest BCUT2D eigenvalue weighted by Crippen LogP contribution is 2.15. The molecule has 1 amide bonds. The number of imidazole rings is 1. The highest BCUT2D eigenvalue weighted by Gasteiger charge is 2.22. The van der Waals surface area contributed by atoms with E-state index < -0.39 is 0 Å². The van der Waals surface area contributed by atoms with E-state index in [1.165, 1.54) is 0 Å². The Labute approximate surface area is 129 Å². The topological polar surface area (TPSA) is 69.0 Å². The van der Waals surface area contributed by atoms with Crippen LogP contribution in [0.2, 0.25) is 0 Å². The van der Waals surface area contributed by atoms with Crippen LogP contribution < -0.4 is 5.32 Å². The summed E-state index contributed by atoms with van der Waals surface area (Å²) in [5.74, 6) is 0.562. The lowest BCUT2D eigenvalue weighted by molar-refractivity contribution is 0.0136. The fourth-order valence-corrected chi connectivity index (χ4v) is 2.68. The summed E-state index contributed by atoms with van der Waals surface area (Å²) < 4.78 is 7.30. The number of nitrogens with zero attached hydrogens (tertiary/aromatic N) is 3. The minimum atomic E-state index is -0.135. The molecule has 0 aliphatic carbocycles. The van der Waals surface area contributed by atoms with Crippen LogP contribution in [0, 0.1) is 6.92 Å². The first kappa shape index (κ1) is 14.7. The van der Waals surface area contributed by atoms with Crippen LogP contribution in [0.15, 0.2) is 30.9 Å². The molecule has 2 unspecified atom stereocenters. The average molecular weight is 300 g/mol. The molecule has 6 heteroatoms. The van der Waals surface area contributed by atoms with Gasteiger partial charge in [0.05, 0.1) is 6.10 Å². The highest BCUT2D eigenvalue weighted by molar-refractivity contribution is 5.92. The number of hydrogen-bond donors (Lipinski definition) is 1. The Morgan fingerprint density at radius 3 is 3.05 bits per heavy atom. The summed E-state index contributed by atoms with van der Waals surface area (Å²) in [6.07, 6.45) is 7.04. The average Bonchev–Trinajstić information content (AvgIpc) is 3.01. The Kier molecular flexibility index (Phi) is 4.20. The van der Waals surface area contributed by atoms with Gasteiger partial charge in [-0.05, 0) is 44.4 Å². The third-order valence-electron chi connectivity index (χ3n) is 3.78. The van der Waals surface area contributed by atoms with E-state index in [0.29, 0.717) is 18.1 Å². The number of aryl methyl sites for hydroxylation is 1. The van der Waals surface area contributed by atoms with Crippen LogP contribution in [0.4, 0.5) is 0 Å². The summed E-state index contributed by atoms with van der Waals surface area (Å²) >= 11 is 0. The van der Waals surface area contributed by atoms with Gasteiger partial charge in [-0.1, -0.05) is 0 Å². The molecule has 3 rings (SSSR count). The van der Waals surface area contributed by atoms with Gasteiger partial charge in [0.25, 0.3) is 5.91 Å². The molecule has 0 aromatic carbocycles. The Balaban J connectivity index is 1.77. The number of hydrogen-bond acceptors (Lipinski definition) is 4. The first-order chi connectivity index (χ1) is 10.6. The summed E-state index contributed by atoms with van der Waals surface area (Å²) in [5, 5.41) is 3.06. The van der Waals surface area contributed by atoms with Crippen molar-refractivity contribution in [1.29, 1.82) is 0 Å². The SMILES string of the molecule is Cc1cc(C(=O)NC2CCOC(C)C2)nc(-n2ccnc2)c1. The fourth-order valence-electron chi connectivity index (χ4n) is 2.68. The second kappa shape index (κ2) is 6.27. The normalized spacial score (nSPS) is 21.5. The zero-order valence-electron chi connectivity index (χ0n) is 12.8. The number of aromatic nitrogens is 3. The lowest BCUT2D eigenvalue weighted by Crippen LogP contribution is -2.41. The molecule has 6 nitrogen and oxygen atoms in total. The van der Waals surface area contributed by atoms with Gasteiger partial charge in [0, 0.05) is 25.0 Å². The predicted octanol–water partition coefficient (Wildman–Crippen LogP) is 1.87. The van der Waals surface area contributed by atoms with Gasteiger partial charge in [-0.25, -0.2) is 9.97 Å². The monoisotopic (exact) mass is 300 g/mol. The minimum absolute atomic E-state index is 0.135. The maximum absolute atomic E-state index is 12.5. The van der Waals surface area contributed by atoms with Crippen LogP contribution in [-0.2, 0) is 4.74 Å². The number of ether oxygens (including phenoxy) is 1. The largest absolute Gasteiger partial charge is 0.378 e. The smallest absolute Gasteiger partial charge is 0.270 e. The van der Waals surface area contributed by atoms with Crippen molar-refractivity contribution in [3.05, 3.63) is 42.1 Å². The summed E-state index contributed by atoms with van der Waals surface area (Å²) in [5.41, 5.74) is 1.42. The zero-order chi connectivity index (χ0) is 15.5. The van der Waals surface area contributed by atoms with Gasteiger partial charge in [0.2, 0.25) is 0 Å². The number of nitrogens with one attached hydrogen (secondary N) is 1. The molecule has 0 spiro atoms. The summed E-state index contributed by atoms with van der Waals surface area (Å²) in [4.78, 5) is 20.9. The molecular formula is C16H20N4O2. The van der Waals surface area contributed by atoms with Crippen molar-refractivity contribution in [2.75, 3.05) is 6.61 Å². The predicted molar refractivity (Wildman–Crippen MR) is 82.0 cm³/mol. The maximum Gasteiger partial charge on any atom is 0.270 e. The third-order valence-corrected chi connectivity index (χ3v) is 3.78. The van der Waals surface area contributed by atoms with Crippen LogP contribution in [0.5, 0.6) is 0 Å². The number of rotatable bonds is 3. The molecule has 22 heavy (non-hydrogen) atoms. The molecule has 1 aliphatic rings. The number of pyridine rings is 1. The van der Waals surface area contributed by atoms with Crippen molar-refractivity contribution in [3.63, 3.8) is 0 Å². The van der Waals surface area contributed by atoms with E-state index in [9.17, 15) is 4.79 Å². The van der Waals surface area contributed by atoms with Gasteiger partial charge in [-0.3, -0.25) is 9.36 Å². The molecule has 0 bridgehead atoms. The maximum atomic E-state index is 12.5. The molecule has 1 aliphatic heterocycles. The first-order valence-corrected chi connectivity index (χ1v) is 7.51. The van der Waals surface area contributed by atoms with Crippen molar-refractivity contribution in [2.24, 2.45) is 0 Å². The van der Waals surface area contributed by atoms with E-state index in [0.717, 1.165) is 18.4 Å². The Hall–Kier alpha value is -2.21. The Morgan fingerprint density at radius 2 is 2.32 bits per heavy atom. The molecular weight excluding hydrogens is 280 g/mol. The summed E-state index contributed by atoms with van der Waals surface area (Å²) in [6, 6.07) is 3.88. The van der Waals surface area contributed by atoms with Crippen molar-refractivity contribution >= 4 is 5.91 Å². The second-order valence-corrected chi connectivity index (χ2v) is 5.73. The van der Waals surface area contributed by atoms with Crippen molar-refractivity contribution < 1.29 is 9.53 Å². The molecule has 1 N–H and O–H groups in total. The molecule has 2 aromatic heterocycles. The van der Waals surface area contributed by atoms with Gasteiger partial charge in [-0.2, -0.15) is 0 Å². The van der Waals surface area contributed by atoms with E-state index in [1.54, 1.807) is 23.2 Å². The number of amides is 1. The van der Waals surface area contributed by atoms with Crippen molar-refractivity contribution in [1.82, 2.24) is 19.9 Å². The first-order valence-electron chi connectivity index (χ1n) is 7.51. The molecule has 3 heterocycles. The third kappa shape index (κ3) is 3.33. The van der Waals surface area contributed by atoms with Crippen molar-refractivity contribution in [3.8, 4) is 5.82 Å². The molecule has 2 atom stereocenters. The number of carbonyl (C=O) groups excluding carboxylic acids is 1. The minimum Gasteiger partial charge on any atom is -0.378 e. The Morgan fingerprint density at radius 1 is 1.45 bits per heavy atom. The fraction of sp³-hybridized carbons (Fsp3) is 0.438. The van der Waals surface area contributed by atoms with Crippen LogP contribution >= 0.6 is 0 Å².